The molecule has 0 bridgehead atoms. The molecule has 0 atom stereocenters. The van der Waals surface area contributed by atoms with E-state index in [4.69, 9.17) is 4.84 Å². The number of carbonyl (C=O) groups is 2. The van der Waals surface area contributed by atoms with Gasteiger partial charge in [0.25, 0.3) is 5.78 Å². The van der Waals surface area contributed by atoms with E-state index in [0.29, 0.717) is 17.0 Å². The molecule has 0 saturated carbocycles. The fourth-order valence-electron chi connectivity index (χ4n) is 1.54. The molecule has 22 heavy (non-hydrogen) atoms. The summed E-state index contributed by atoms with van der Waals surface area (Å²) >= 11 is 0. The second-order valence-corrected chi connectivity index (χ2v) is 4.29. The van der Waals surface area contributed by atoms with Crippen LogP contribution in [-0.4, -0.2) is 37.4 Å². The zero-order valence-corrected chi connectivity index (χ0v) is 13.0. The highest BCUT2D eigenvalue weighted by atomic mass is 16.6. The Balaban J connectivity index is 2.83. The number of ketones is 1. The van der Waals surface area contributed by atoms with E-state index in [2.05, 4.69) is 19.9 Å². The van der Waals surface area contributed by atoms with E-state index in [9.17, 15) is 9.59 Å². The highest BCUT2D eigenvalue weighted by Gasteiger charge is 2.19. The summed E-state index contributed by atoms with van der Waals surface area (Å²) in [6.07, 6.45) is 0. The average molecular weight is 306 g/mol. The molecule has 0 aromatic heterocycles. The maximum Gasteiger partial charge on any atom is 0.379 e. The molecule has 118 valence electrons. The van der Waals surface area contributed by atoms with E-state index in [1.807, 2.05) is 0 Å². The summed E-state index contributed by atoms with van der Waals surface area (Å²) in [5, 5.41) is 7.60. The molecule has 0 fully saturated rings. The van der Waals surface area contributed by atoms with Crippen molar-refractivity contribution in [1.82, 2.24) is 0 Å². The second-order valence-electron chi connectivity index (χ2n) is 4.29. The van der Waals surface area contributed by atoms with Crippen LogP contribution < -0.4 is 0 Å². The van der Waals surface area contributed by atoms with Gasteiger partial charge in [-0.3, -0.25) is 4.79 Å². The number of methoxy groups -OCH3 is 1. The van der Waals surface area contributed by atoms with Crippen molar-refractivity contribution in [1.29, 1.82) is 0 Å². The van der Waals surface area contributed by atoms with E-state index in [1.54, 1.807) is 32.0 Å². The molecule has 0 heterocycles. The molecule has 1 aromatic carbocycles. The number of rotatable bonds is 7. The number of esters is 1. The second kappa shape index (κ2) is 8.56. The molecule has 1 aromatic rings. The zero-order chi connectivity index (χ0) is 16.5. The van der Waals surface area contributed by atoms with Gasteiger partial charge < -0.3 is 14.4 Å². The minimum absolute atomic E-state index is 0.0382. The number of hydrogen-bond donors (Lipinski definition) is 0. The van der Waals surface area contributed by atoms with Gasteiger partial charge in [0, 0.05) is 11.1 Å². The van der Waals surface area contributed by atoms with Crippen molar-refractivity contribution in [2.45, 2.75) is 20.5 Å². The van der Waals surface area contributed by atoms with Crippen molar-refractivity contribution in [2.75, 3.05) is 14.2 Å². The van der Waals surface area contributed by atoms with Crippen LogP contribution in [0.5, 0.6) is 0 Å². The number of carbonyl (C=O) groups excluding carboxylic acids is 2. The van der Waals surface area contributed by atoms with Gasteiger partial charge in [-0.1, -0.05) is 34.6 Å². The van der Waals surface area contributed by atoms with Gasteiger partial charge in [0.1, 0.15) is 25.1 Å². The Morgan fingerprint density at radius 3 is 2.32 bits per heavy atom. The molecular weight excluding hydrogens is 288 g/mol. The van der Waals surface area contributed by atoms with Crippen LogP contribution in [0.3, 0.4) is 0 Å². The van der Waals surface area contributed by atoms with Crippen molar-refractivity contribution in [2.24, 2.45) is 10.3 Å². The quantitative estimate of drug-likeness (QED) is 0.253. The first kappa shape index (κ1) is 17.4. The summed E-state index contributed by atoms with van der Waals surface area (Å²) < 4.78 is 4.44. The van der Waals surface area contributed by atoms with Crippen molar-refractivity contribution in [3.63, 3.8) is 0 Å². The average Bonchev–Trinajstić information content (AvgIpc) is 2.54. The Morgan fingerprint density at radius 2 is 1.68 bits per heavy atom. The molecular formula is C15H18N2O5. The molecule has 7 nitrogen and oxygen atoms in total. The van der Waals surface area contributed by atoms with Crippen molar-refractivity contribution >= 4 is 23.2 Å². The lowest BCUT2D eigenvalue weighted by Gasteiger charge is -2.07. The summed E-state index contributed by atoms with van der Waals surface area (Å²) in [4.78, 5) is 33.1. The Labute approximate surface area is 128 Å². The molecule has 1 rings (SSSR count). The van der Waals surface area contributed by atoms with E-state index >= 15 is 0 Å². The topological polar surface area (TPSA) is 86.6 Å². The zero-order valence-electron chi connectivity index (χ0n) is 13.0. The molecule has 0 amide bonds. The van der Waals surface area contributed by atoms with Crippen LogP contribution in [0.2, 0.25) is 0 Å². The largest absolute Gasteiger partial charge is 0.463 e. The lowest BCUT2D eigenvalue weighted by atomic mass is 10.0. The first-order valence-electron chi connectivity index (χ1n) is 6.46. The molecule has 0 aliphatic heterocycles. The number of oxime groups is 2. The van der Waals surface area contributed by atoms with E-state index in [1.165, 1.54) is 13.2 Å². The Kier molecular flexibility index (Phi) is 6.75. The fraction of sp³-hybridized carbons (Fsp3) is 0.333. The van der Waals surface area contributed by atoms with Gasteiger partial charge in [0.15, 0.2) is 0 Å². The van der Waals surface area contributed by atoms with Crippen LogP contribution in [0.15, 0.2) is 34.6 Å². The van der Waals surface area contributed by atoms with Gasteiger partial charge in [0.05, 0.1) is 7.11 Å². The van der Waals surface area contributed by atoms with Gasteiger partial charge in [-0.25, -0.2) is 4.79 Å². The number of benzene rings is 1. The van der Waals surface area contributed by atoms with E-state index < -0.39 is 11.8 Å². The first-order chi connectivity index (χ1) is 10.5. The Bertz CT molecular complexity index is 608. The molecule has 0 aliphatic carbocycles. The molecule has 0 unspecified atom stereocenters. The molecule has 0 spiro atoms. The van der Waals surface area contributed by atoms with Crippen LogP contribution >= 0.6 is 0 Å². The summed E-state index contributed by atoms with van der Waals surface area (Å²) in [7, 11) is 2.59. The molecule has 0 saturated heterocycles. The first-order valence-corrected chi connectivity index (χ1v) is 6.46. The van der Waals surface area contributed by atoms with Crippen LogP contribution in [0.4, 0.5) is 0 Å². The minimum atomic E-state index is -0.921. The standard InChI is InChI=1S/C15H18N2O5/c1-10(16-21-4)11(2)17-22-9-12-7-5-6-8-13(12)14(18)15(19)20-3/h5-8H,9H2,1-4H3/b16-10-,17-11-. The van der Waals surface area contributed by atoms with Crippen molar-refractivity contribution < 1.29 is 24.0 Å². The van der Waals surface area contributed by atoms with Gasteiger partial charge in [-0.15, -0.1) is 0 Å². The third-order valence-electron chi connectivity index (χ3n) is 2.81. The van der Waals surface area contributed by atoms with Gasteiger partial charge >= 0.3 is 5.97 Å². The molecule has 7 heteroatoms. The lowest BCUT2D eigenvalue weighted by Crippen LogP contribution is -2.17. The lowest BCUT2D eigenvalue weighted by molar-refractivity contribution is -0.135. The third-order valence-corrected chi connectivity index (χ3v) is 2.81. The summed E-state index contributed by atoms with van der Waals surface area (Å²) in [5.74, 6) is -1.64. The summed E-state index contributed by atoms with van der Waals surface area (Å²) in [6.45, 7) is 3.47. The SMILES string of the molecule is CO/N=C(C)\C(C)=N/OCc1ccccc1C(=O)C(=O)OC. The van der Waals surface area contributed by atoms with Crippen molar-refractivity contribution in [3.8, 4) is 0 Å². The molecule has 0 N–H and O–H groups in total. The van der Waals surface area contributed by atoms with E-state index in [0.717, 1.165) is 7.11 Å². The maximum absolute atomic E-state index is 11.9. The number of ether oxygens (including phenoxy) is 1. The Morgan fingerprint density at radius 1 is 1.05 bits per heavy atom. The highest BCUT2D eigenvalue weighted by molar-refractivity contribution is 6.41. The monoisotopic (exact) mass is 306 g/mol. The van der Waals surface area contributed by atoms with Crippen LogP contribution in [0.1, 0.15) is 29.8 Å². The van der Waals surface area contributed by atoms with Gasteiger partial charge in [-0.05, 0) is 13.8 Å². The smallest absolute Gasteiger partial charge is 0.379 e. The molecule has 0 aliphatic rings. The highest BCUT2D eigenvalue weighted by Crippen LogP contribution is 2.12. The normalized spacial score (nSPS) is 11.8. The number of Topliss-reactive ketones (excluding diaryl/α,β-unsaturated/α-hetero) is 1. The predicted octanol–water partition coefficient (Wildman–Crippen LogP) is 1.96. The number of nitrogens with zero attached hydrogens (tertiary/aromatic N) is 2. The van der Waals surface area contributed by atoms with Crippen LogP contribution in [0.25, 0.3) is 0 Å². The minimum Gasteiger partial charge on any atom is -0.463 e. The predicted molar refractivity (Wildman–Crippen MR) is 80.8 cm³/mol. The maximum atomic E-state index is 11.9. The van der Waals surface area contributed by atoms with Crippen LogP contribution in [-0.2, 0) is 25.8 Å². The fourth-order valence-corrected chi connectivity index (χ4v) is 1.54. The van der Waals surface area contributed by atoms with Crippen molar-refractivity contribution in [3.05, 3.63) is 35.4 Å². The van der Waals surface area contributed by atoms with Gasteiger partial charge in [-0.2, -0.15) is 0 Å². The van der Waals surface area contributed by atoms with Gasteiger partial charge in [0.2, 0.25) is 0 Å². The summed E-state index contributed by atoms with van der Waals surface area (Å²) in [6, 6.07) is 6.60. The Hall–Kier alpha value is -2.70. The third kappa shape index (κ3) is 4.69. The van der Waals surface area contributed by atoms with Crippen LogP contribution in [0, 0.1) is 0 Å². The summed E-state index contributed by atoms with van der Waals surface area (Å²) in [5.41, 5.74) is 1.88. The molecule has 0 radical (unpaired) electrons. The van der Waals surface area contributed by atoms with E-state index in [-0.39, 0.29) is 12.2 Å². The number of hydrogen-bond acceptors (Lipinski definition) is 7.